The van der Waals surface area contributed by atoms with Crippen molar-refractivity contribution in [2.45, 2.75) is 57.0 Å². The van der Waals surface area contributed by atoms with E-state index in [2.05, 4.69) is 5.32 Å². The van der Waals surface area contributed by atoms with Gasteiger partial charge in [-0.25, -0.2) is 4.79 Å². The number of hydrogen-bond donors (Lipinski definition) is 3. The number of rotatable bonds is 3. The molecule has 1 saturated heterocycles. The Labute approximate surface area is 119 Å². The van der Waals surface area contributed by atoms with Crippen LogP contribution in [0.1, 0.15) is 44.9 Å². The molecule has 114 valence electrons. The van der Waals surface area contributed by atoms with Crippen LogP contribution in [0.4, 0.5) is 4.79 Å². The summed E-state index contributed by atoms with van der Waals surface area (Å²) in [4.78, 5) is 25.3. The van der Waals surface area contributed by atoms with Crippen LogP contribution < -0.4 is 5.32 Å². The number of nitrogens with one attached hydrogen (secondary N) is 1. The number of carbonyl (C=O) groups excluding carboxylic acids is 1. The zero-order valence-electron chi connectivity index (χ0n) is 11.8. The third-order valence-electron chi connectivity index (χ3n) is 4.49. The smallest absolute Gasteiger partial charge is 0.317 e. The normalized spacial score (nSPS) is 30.9. The molecule has 0 aromatic carbocycles. The first-order chi connectivity index (χ1) is 9.63. The van der Waals surface area contributed by atoms with E-state index in [0.29, 0.717) is 13.0 Å². The van der Waals surface area contributed by atoms with Gasteiger partial charge in [-0.1, -0.05) is 19.3 Å². The van der Waals surface area contributed by atoms with Gasteiger partial charge in [0.25, 0.3) is 0 Å². The highest BCUT2D eigenvalue weighted by atomic mass is 16.4. The molecule has 0 bridgehead atoms. The molecule has 1 heterocycles. The number of amides is 2. The molecular formula is C14H24N2O4. The molecule has 6 heteroatoms. The highest BCUT2D eigenvalue weighted by molar-refractivity contribution is 5.77. The number of nitrogens with zero attached hydrogens (tertiary/aromatic N) is 1. The summed E-state index contributed by atoms with van der Waals surface area (Å²) < 4.78 is 0. The number of aliphatic carboxylic acids is 1. The van der Waals surface area contributed by atoms with Gasteiger partial charge in [0.15, 0.2) is 0 Å². The van der Waals surface area contributed by atoms with E-state index < -0.39 is 11.9 Å². The number of urea groups is 1. The van der Waals surface area contributed by atoms with Crippen molar-refractivity contribution in [3.8, 4) is 0 Å². The Morgan fingerprint density at radius 1 is 1.10 bits per heavy atom. The van der Waals surface area contributed by atoms with Gasteiger partial charge in [-0.3, -0.25) is 4.79 Å². The fourth-order valence-electron chi connectivity index (χ4n) is 3.31. The third-order valence-corrected chi connectivity index (χ3v) is 4.49. The first kappa shape index (κ1) is 15.1. The summed E-state index contributed by atoms with van der Waals surface area (Å²) in [7, 11) is 0. The van der Waals surface area contributed by atoms with Crippen molar-refractivity contribution in [3.63, 3.8) is 0 Å². The van der Waals surface area contributed by atoms with Crippen molar-refractivity contribution in [2.75, 3.05) is 13.2 Å². The Morgan fingerprint density at radius 3 is 2.55 bits per heavy atom. The molecule has 0 spiro atoms. The van der Waals surface area contributed by atoms with E-state index in [1.165, 1.54) is 0 Å². The molecule has 0 radical (unpaired) electrons. The molecule has 2 rings (SSSR count). The number of carboxylic acids is 1. The summed E-state index contributed by atoms with van der Waals surface area (Å²) >= 11 is 0. The molecule has 3 N–H and O–H groups in total. The van der Waals surface area contributed by atoms with Crippen LogP contribution in [0.3, 0.4) is 0 Å². The van der Waals surface area contributed by atoms with Gasteiger partial charge in [0.05, 0.1) is 18.6 Å². The van der Waals surface area contributed by atoms with Crippen LogP contribution in [0.5, 0.6) is 0 Å². The number of likely N-dealkylation sites (tertiary alicyclic amines) is 1. The molecule has 2 amide bonds. The quantitative estimate of drug-likeness (QED) is 0.679. The van der Waals surface area contributed by atoms with Gasteiger partial charge in [-0.2, -0.15) is 0 Å². The Bertz CT molecular complexity index is 361. The molecule has 3 atom stereocenters. The summed E-state index contributed by atoms with van der Waals surface area (Å²) in [6.45, 7) is 0.613. The maximum atomic E-state index is 12.3. The second-order valence-electron chi connectivity index (χ2n) is 5.81. The van der Waals surface area contributed by atoms with Gasteiger partial charge in [0.1, 0.15) is 0 Å². The van der Waals surface area contributed by atoms with E-state index in [1.807, 2.05) is 0 Å². The van der Waals surface area contributed by atoms with Crippen molar-refractivity contribution in [1.29, 1.82) is 0 Å². The standard InChI is InChI=1S/C14H24N2O4/c17-9-10-5-4-8-16(10)14(20)15-12-7-3-1-2-6-11(12)13(18)19/h10-12,17H,1-9H2,(H,15,20)(H,18,19). The lowest BCUT2D eigenvalue weighted by molar-refractivity contribution is -0.142. The monoisotopic (exact) mass is 284 g/mol. The fourth-order valence-corrected chi connectivity index (χ4v) is 3.31. The summed E-state index contributed by atoms with van der Waals surface area (Å²) in [6.07, 6.45) is 5.95. The Kier molecular flexibility index (Phi) is 5.23. The van der Waals surface area contributed by atoms with Crippen molar-refractivity contribution < 1.29 is 19.8 Å². The van der Waals surface area contributed by atoms with E-state index in [1.54, 1.807) is 4.90 Å². The second kappa shape index (κ2) is 6.92. The molecule has 2 fully saturated rings. The number of hydrogen-bond acceptors (Lipinski definition) is 3. The number of carboxylic acid groups (broad SMARTS) is 1. The third kappa shape index (κ3) is 3.42. The lowest BCUT2D eigenvalue weighted by Gasteiger charge is -2.28. The number of aliphatic hydroxyl groups excluding tert-OH is 1. The molecule has 3 unspecified atom stereocenters. The predicted molar refractivity (Wildman–Crippen MR) is 73.3 cm³/mol. The molecule has 2 aliphatic rings. The fraction of sp³-hybridized carbons (Fsp3) is 0.857. The molecule has 0 aromatic rings. The molecule has 1 aliphatic carbocycles. The van der Waals surface area contributed by atoms with Crippen molar-refractivity contribution in [2.24, 2.45) is 5.92 Å². The maximum Gasteiger partial charge on any atom is 0.317 e. The Balaban J connectivity index is 1.98. The first-order valence-corrected chi connectivity index (χ1v) is 7.54. The van der Waals surface area contributed by atoms with E-state index in [0.717, 1.165) is 38.5 Å². The van der Waals surface area contributed by atoms with Gasteiger partial charge in [0, 0.05) is 12.6 Å². The van der Waals surface area contributed by atoms with Crippen LogP contribution in [0.2, 0.25) is 0 Å². The van der Waals surface area contributed by atoms with Crippen molar-refractivity contribution in [1.82, 2.24) is 10.2 Å². The zero-order valence-corrected chi connectivity index (χ0v) is 11.8. The topological polar surface area (TPSA) is 89.9 Å². The summed E-state index contributed by atoms with van der Waals surface area (Å²) in [5, 5.41) is 21.5. The van der Waals surface area contributed by atoms with Crippen LogP contribution in [0.25, 0.3) is 0 Å². The number of aliphatic hydroxyl groups is 1. The lowest BCUT2D eigenvalue weighted by Crippen LogP contribution is -2.50. The molecule has 1 aliphatic heterocycles. The Morgan fingerprint density at radius 2 is 1.85 bits per heavy atom. The highest BCUT2D eigenvalue weighted by Crippen LogP contribution is 2.25. The summed E-state index contributed by atoms with van der Waals surface area (Å²) in [5.41, 5.74) is 0. The Hall–Kier alpha value is -1.30. The molecule has 20 heavy (non-hydrogen) atoms. The van der Waals surface area contributed by atoms with Crippen LogP contribution in [0.15, 0.2) is 0 Å². The van der Waals surface area contributed by atoms with Gasteiger partial charge in [-0.05, 0) is 25.7 Å². The van der Waals surface area contributed by atoms with Crippen molar-refractivity contribution >= 4 is 12.0 Å². The van der Waals surface area contributed by atoms with Crippen LogP contribution in [-0.2, 0) is 4.79 Å². The average molecular weight is 284 g/mol. The highest BCUT2D eigenvalue weighted by Gasteiger charge is 2.34. The zero-order chi connectivity index (χ0) is 14.5. The maximum absolute atomic E-state index is 12.3. The van der Waals surface area contributed by atoms with Crippen LogP contribution in [0, 0.1) is 5.92 Å². The van der Waals surface area contributed by atoms with E-state index in [9.17, 15) is 19.8 Å². The minimum atomic E-state index is -0.822. The van der Waals surface area contributed by atoms with Gasteiger partial charge in [-0.15, -0.1) is 0 Å². The molecular weight excluding hydrogens is 260 g/mol. The summed E-state index contributed by atoms with van der Waals surface area (Å²) in [5.74, 6) is -1.31. The minimum Gasteiger partial charge on any atom is -0.481 e. The van der Waals surface area contributed by atoms with E-state index >= 15 is 0 Å². The largest absolute Gasteiger partial charge is 0.481 e. The lowest BCUT2D eigenvalue weighted by atomic mass is 9.95. The van der Waals surface area contributed by atoms with Gasteiger partial charge < -0.3 is 20.4 Å². The number of carbonyl (C=O) groups is 2. The second-order valence-corrected chi connectivity index (χ2v) is 5.81. The average Bonchev–Trinajstić information content (AvgIpc) is 2.78. The van der Waals surface area contributed by atoms with Gasteiger partial charge >= 0.3 is 12.0 Å². The molecule has 6 nitrogen and oxygen atoms in total. The SMILES string of the molecule is O=C(O)C1CCCCCC1NC(=O)N1CCCC1CO. The van der Waals surface area contributed by atoms with E-state index in [-0.39, 0.29) is 24.7 Å². The summed E-state index contributed by atoms with van der Waals surface area (Å²) in [6, 6.07) is -0.633. The molecule has 1 saturated carbocycles. The van der Waals surface area contributed by atoms with Crippen molar-refractivity contribution in [3.05, 3.63) is 0 Å². The van der Waals surface area contributed by atoms with E-state index in [4.69, 9.17) is 0 Å². The first-order valence-electron chi connectivity index (χ1n) is 7.54. The molecule has 0 aromatic heterocycles. The van der Waals surface area contributed by atoms with Crippen LogP contribution >= 0.6 is 0 Å². The van der Waals surface area contributed by atoms with Gasteiger partial charge in [0.2, 0.25) is 0 Å². The predicted octanol–water partition coefficient (Wildman–Crippen LogP) is 1.19. The van der Waals surface area contributed by atoms with Crippen LogP contribution in [-0.4, -0.2) is 52.3 Å². The minimum absolute atomic E-state index is 0.0273.